The third-order valence-electron chi connectivity index (χ3n) is 7.61. The second-order valence-corrected chi connectivity index (χ2v) is 12.7. The molecule has 3 aromatic carbocycles. The second kappa shape index (κ2) is 11.4. The Labute approximate surface area is 244 Å². The Morgan fingerprint density at radius 3 is 2.45 bits per heavy atom. The number of benzene rings is 3. The molecule has 0 radical (unpaired) electrons. The zero-order chi connectivity index (χ0) is 30.2. The predicted octanol–water partition coefficient (Wildman–Crippen LogP) is 5.81. The number of nitrogens with zero attached hydrogens (tertiary/aromatic N) is 2. The Hall–Kier alpha value is -3.94. The van der Waals surface area contributed by atoms with Gasteiger partial charge < -0.3 is 19.5 Å². The Bertz CT molecular complexity index is 1830. The molecular formula is C32H32F3N3O3S. The number of ether oxygens (including phenoxy) is 1. The molecule has 0 bridgehead atoms. The van der Waals surface area contributed by atoms with Crippen LogP contribution in [0.5, 0.6) is 5.75 Å². The first-order valence-corrected chi connectivity index (χ1v) is 15.3. The van der Waals surface area contributed by atoms with E-state index in [0.717, 1.165) is 36.9 Å². The molecule has 1 N–H and O–H groups in total. The number of hydrogen-bond donors (Lipinski definition) is 1. The van der Waals surface area contributed by atoms with Gasteiger partial charge in [0.05, 0.1) is 36.2 Å². The van der Waals surface area contributed by atoms with Crippen molar-refractivity contribution in [2.75, 3.05) is 38.8 Å². The molecule has 4 aromatic rings. The van der Waals surface area contributed by atoms with Crippen molar-refractivity contribution >= 4 is 26.4 Å². The maximum Gasteiger partial charge on any atom is 0.394 e. The molecule has 1 aliphatic rings. The van der Waals surface area contributed by atoms with Crippen LogP contribution in [0.1, 0.15) is 22.4 Å². The van der Waals surface area contributed by atoms with Crippen LogP contribution in [0, 0.1) is 11.8 Å². The van der Waals surface area contributed by atoms with E-state index in [-0.39, 0.29) is 17.1 Å². The molecule has 0 fully saturated rings. The van der Waals surface area contributed by atoms with Gasteiger partial charge in [-0.3, -0.25) is 0 Å². The highest BCUT2D eigenvalue weighted by atomic mass is 32.2. The molecule has 1 aliphatic heterocycles. The highest BCUT2D eigenvalue weighted by molar-refractivity contribution is 7.90. The third-order valence-corrected chi connectivity index (χ3v) is 8.72. The van der Waals surface area contributed by atoms with E-state index in [4.69, 9.17) is 4.74 Å². The Morgan fingerprint density at radius 2 is 1.74 bits per heavy atom. The molecule has 1 aromatic heterocycles. The van der Waals surface area contributed by atoms with Gasteiger partial charge in [-0.15, -0.1) is 0 Å². The summed E-state index contributed by atoms with van der Waals surface area (Å²) in [4.78, 5) is 2.40. The molecule has 220 valence electrons. The molecule has 0 saturated heterocycles. The molecule has 0 saturated carbocycles. The monoisotopic (exact) mass is 595 g/mol. The van der Waals surface area contributed by atoms with Gasteiger partial charge >= 0.3 is 6.18 Å². The van der Waals surface area contributed by atoms with E-state index in [0.29, 0.717) is 27.9 Å². The summed E-state index contributed by atoms with van der Waals surface area (Å²) >= 11 is 0. The Kier molecular flexibility index (Phi) is 8.01. The average Bonchev–Trinajstić information content (AvgIpc) is 3.18. The molecule has 0 aliphatic carbocycles. The van der Waals surface area contributed by atoms with Gasteiger partial charge in [-0.2, -0.15) is 13.2 Å². The number of halogens is 3. The number of aryl methyl sites for hydroxylation is 1. The molecule has 0 atom stereocenters. The van der Waals surface area contributed by atoms with Crippen LogP contribution in [-0.2, 0) is 36.3 Å². The van der Waals surface area contributed by atoms with E-state index in [2.05, 4.69) is 47.3 Å². The fourth-order valence-corrected chi connectivity index (χ4v) is 6.04. The number of nitrogens with one attached hydrogen (secondary N) is 1. The summed E-state index contributed by atoms with van der Waals surface area (Å²) in [6, 6.07) is 16.6. The van der Waals surface area contributed by atoms with Crippen molar-refractivity contribution in [1.29, 1.82) is 0 Å². The fraction of sp³-hybridized carbons (Fsp3) is 0.312. The van der Waals surface area contributed by atoms with Crippen molar-refractivity contribution in [3.63, 3.8) is 0 Å². The van der Waals surface area contributed by atoms with Crippen molar-refractivity contribution < 1.29 is 26.3 Å². The Morgan fingerprint density at radius 1 is 1.00 bits per heavy atom. The van der Waals surface area contributed by atoms with E-state index in [1.165, 1.54) is 30.4 Å². The van der Waals surface area contributed by atoms with E-state index >= 15 is 0 Å². The second-order valence-electron chi connectivity index (χ2n) is 10.7. The first kappa shape index (κ1) is 29.5. The summed E-state index contributed by atoms with van der Waals surface area (Å²) in [6.07, 6.45) is -3.43. The summed E-state index contributed by atoms with van der Waals surface area (Å²) in [5, 5.41) is 3.72. The molecule has 2 heterocycles. The zero-order valence-electron chi connectivity index (χ0n) is 23.9. The number of aromatic nitrogens is 1. The maximum atomic E-state index is 13.6. The number of fused-ring (bicyclic) bond motifs is 2. The van der Waals surface area contributed by atoms with Gasteiger partial charge in [0.1, 0.15) is 5.75 Å². The minimum atomic E-state index is -4.40. The van der Waals surface area contributed by atoms with Crippen molar-refractivity contribution in [1.82, 2.24) is 9.47 Å². The van der Waals surface area contributed by atoms with Gasteiger partial charge in [0, 0.05) is 49.1 Å². The molecule has 6 nitrogen and oxygen atoms in total. The van der Waals surface area contributed by atoms with Crippen LogP contribution in [0.15, 0.2) is 59.5 Å². The average molecular weight is 596 g/mol. The molecule has 0 spiro atoms. The number of alkyl halides is 3. The van der Waals surface area contributed by atoms with Gasteiger partial charge in [0.25, 0.3) is 0 Å². The van der Waals surface area contributed by atoms with Crippen LogP contribution < -0.4 is 10.1 Å². The lowest BCUT2D eigenvalue weighted by Crippen LogP contribution is -2.26. The van der Waals surface area contributed by atoms with Crippen LogP contribution in [0.4, 0.5) is 18.9 Å². The Balaban J connectivity index is 1.47. The highest BCUT2D eigenvalue weighted by Crippen LogP contribution is 2.34. The van der Waals surface area contributed by atoms with Crippen LogP contribution in [-0.4, -0.2) is 57.6 Å². The summed E-state index contributed by atoms with van der Waals surface area (Å²) in [7, 11) is 1.76. The number of anilines is 1. The standard InChI is InChI=1S/C32H32F3N3O3S/c1-37-15-13-23-16-21(7-8-24(23)20-37)22-9-11-27-26(30(19-32(33,34)35)38(2)29(27)17-22)6-5-14-36-28-12-10-25(42(4,39)40)18-31(28)41-3/h7-12,16-18,36H,13-15,19-20H2,1-4H3. The molecule has 10 heteroatoms. The lowest BCUT2D eigenvalue weighted by Gasteiger charge is -2.25. The van der Waals surface area contributed by atoms with Crippen molar-refractivity contribution in [3.8, 4) is 28.7 Å². The normalized spacial score (nSPS) is 13.9. The molecule has 0 amide bonds. The minimum absolute atomic E-state index is 0.103. The summed E-state index contributed by atoms with van der Waals surface area (Å²) < 4.78 is 71.5. The number of rotatable bonds is 6. The summed E-state index contributed by atoms with van der Waals surface area (Å²) in [5.74, 6) is 6.24. The van der Waals surface area contributed by atoms with Crippen molar-refractivity contribution in [3.05, 3.63) is 77.0 Å². The first-order chi connectivity index (χ1) is 19.8. The lowest BCUT2D eigenvalue weighted by molar-refractivity contribution is -0.128. The minimum Gasteiger partial charge on any atom is -0.495 e. The van der Waals surface area contributed by atoms with Gasteiger partial charge in [-0.25, -0.2) is 8.42 Å². The molecule has 0 unspecified atom stereocenters. The van der Waals surface area contributed by atoms with Crippen LogP contribution in [0.3, 0.4) is 0 Å². The number of hydrogen-bond acceptors (Lipinski definition) is 5. The lowest BCUT2D eigenvalue weighted by atomic mass is 9.94. The fourth-order valence-electron chi connectivity index (χ4n) is 5.40. The predicted molar refractivity (Wildman–Crippen MR) is 160 cm³/mol. The quantitative estimate of drug-likeness (QED) is 0.285. The summed E-state index contributed by atoms with van der Waals surface area (Å²) in [5.41, 5.74) is 6.22. The summed E-state index contributed by atoms with van der Waals surface area (Å²) in [6.45, 7) is 2.01. The van der Waals surface area contributed by atoms with Gasteiger partial charge in [0.2, 0.25) is 0 Å². The van der Waals surface area contributed by atoms with Crippen molar-refractivity contribution in [2.45, 2.75) is 30.5 Å². The molecule has 5 rings (SSSR count). The third kappa shape index (κ3) is 6.27. The largest absolute Gasteiger partial charge is 0.495 e. The number of likely N-dealkylation sites (N-methyl/N-ethyl adjacent to an activating group) is 1. The first-order valence-electron chi connectivity index (χ1n) is 13.4. The van der Waals surface area contributed by atoms with E-state index in [1.54, 1.807) is 17.7 Å². The van der Waals surface area contributed by atoms with E-state index < -0.39 is 22.4 Å². The van der Waals surface area contributed by atoms with Crippen LogP contribution in [0.2, 0.25) is 0 Å². The van der Waals surface area contributed by atoms with E-state index in [9.17, 15) is 21.6 Å². The maximum absolute atomic E-state index is 13.6. The number of sulfone groups is 1. The van der Waals surface area contributed by atoms with Crippen molar-refractivity contribution in [2.24, 2.45) is 7.05 Å². The van der Waals surface area contributed by atoms with Gasteiger partial charge in [0.15, 0.2) is 9.84 Å². The SMILES string of the molecule is COc1cc(S(C)(=O)=O)ccc1NCC#Cc1c(CC(F)(F)F)n(C)c2cc(-c3ccc4c(c3)CCN(C)C4)ccc12. The topological polar surface area (TPSA) is 63.6 Å². The van der Waals surface area contributed by atoms with Gasteiger partial charge in [-0.05, 0) is 53.9 Å². The van der Waals surface area contributed by atoms with Crippen LogP contribution in [0.25, 0.3) is 22.0 Å². The van der Waals surface area contributed by atoms with Crippen LogP contribution >= 0.6 is 0 Å². The molecule has 42 heavy (non-hydrogen) atoms. The zero-order valence-corrected chi connectivity index (χ0v) is 24.7. The smallest absolute Gasteiger partial charge is 0.394 e. The molecular weight excluding hydrogens is 563 g/mol. The van der Waals surface area contributed by atoms with Gasteiger partial charge in [-0.1, -0.05) is 42.2 Å². The highest BCUT2D eigenvalue weighted by Gasteiger charge is 2.31. The number of methoxy groups -OCH3 is 1. The van der Waals surface area contributed by atoms with E-state index in [1.807, 2.05) is 18.2 Å².